The molecule has 130 valence electrons. The number of nitrogens with zero attached hydrogens (tertiary/aromatic N) is 3. The molecule has 0 radical (unpaired) electrons. The van der Waals surface area contributed by atoms with Gasteiger partial charge in [-0.05, 0) is 37.1 Å². The number of amidine groups is 1. The van der Waals surface area contributed by atoms with Crippen LogP contribution in [0.1, 0.15) is 18.4 Å². The Labute approximate surface area is 153 Å². The summed E-state index contributed by atoms with van der Waals surface area (Å²) in [7, 11) is 0. The Morgan fingerprint density at radius 2 is 1.88 bits per heavy atom. The summed E-state index contributed by atoms with van der Waals surface area (Å²) < 4.78 is 5.80. The zero-order valence-corrected chi connectivity index (χ0v) is 14.9. The smallest absolute Gasteiger partial charge is 0.137 e. The van der Waals surface area contributed by atoms with Crippen molar-refractivity contribution >= 4 is 23.1 Å². The maximum atomic E-state index is 6.07. The highest BCUT2D eigenvalue weighted by Crippen LogP contribution is 2.24. The van der Waals surface area contributed by atoms with Gasteiger partial charge in [0, 0.05) is 29.4 Å². The van der Waals surface area contributed by atoms with Crippen molar-refractivity contribution in [2.24, 2.45) is 4.99 Å². The number of ether oxygens (including phenoxy) is 1. The van der Waals surface area contributed by atoms with Gasteiger partial charge in [0.15, 0.2) is 0 Å². The number of anilines is 1. The molecule has 1 saturated heterocycles. The molecule has 0 unspecified atom stereocenters. The lowest BCUT2D eigenvalue weighted by atomic mass is 10.1. The van der Waals surface area contributed by atoms with Crippen molar-refractivity contribution in [2.75, 3.05) is 31.4 Å². The van der Waals surface area contributed by atoms with E-state index in [9.17, 15) is 0 Å². The van der Waals surface area contributed by atoms with Gasteiger partial charge in [-0.25, -0.2) is 0 Å². The van der Waals surface area contributed by atoms with E-state index in [2.05, 4.69) is 46.2 Å². The minimum atomic E-state index is 0.334. The van der Waals surface area contributed by atoms with Crippen LogP contribution < -0.4 is 4.90 Å². The van der Waals surface area contributed by atoms with Gasteiger partial charge >= 0.3 is 0 Å². The van der Waals surface area contributed by atoms with Crippen LogP contribution in [0.4, 0.5) is 5.69 Å². The molecule has 4 rings (SSSR count). The van der Waals surface area contributed by atoms with Crippen molar-refractivity contribution in [2.45, 2.75) is 18.9 Å². The number of rotatable bonds is 4. The van der Waals surface area contributed by atoms with E-state index < -0.39 is 0 Å². The molecule has 0 amide bonds. The predicted octanol–water partition coefficient (Wildman–Crippen LogP) is 4.00. The van der Waals surface area contributed by atoms with Gasteiger partial charge in [-0.3, -0.25) is 9.89 Å². The Kier molecular flexibility index (Phi) is 5.02. The normalized spacial score (nSPS) is 21.4. The minimum absolute atomic E-state index is 0.334. The van der Waals surface area contributed by atoms with E-state index in [1.54, 1.807) is 0 Å². The molecule has 0 bridgehead atoms. The van der Waals surface area contributed by atoms with Crippen molar-refractivity contribution in [3.8, 4) is 0 Å². The molecule has 0 spiro atoms. The van der Waals surface area contributed by atoms with Crippen LogP contribution in [0.2, 0.25) is 5.02 Å². The Morgan fingerprint density at radius 1 is 1.08 bits per heavy atom. The first-order chi connectivity index (χ1) is 12.3. The van der Waals surface area contributed by atoms with Crippen molar-refractivity contribution in [1.29, 1.82) is 0 Å². The molecule has 4 nitrogen and oxygen atoms in total. The fourth-order valence-electron chi connectivity index (χ4n) is 3.42. The summed E-state index contributed by atoms with van der Waals surface area (Å²) in [6.45, 7) is 3.32. The number of aliphatic imine (C=N–C) groups is 1. The largest absolute Gasteiger partial charge is 0.377 e. The Balaban J connectivity index is 1.61. The zero-order chi connectivity index (χ0) is 17.1. The topological polar surface area (TPSA) is 28.1 Å². The van der Waals surface area contributed by atoms with Gasteiger partial charge < -0.3 is 9.64 Å². The maximum absolute atomic E-state index is 6.07. The molecule has 2 aromatic carbocycles. The third-order valence-electron chi connectivity index (χ3n) is 4.67. The molecule has 0 saturated carbocycles. The van der Waals surface area contributed by atoms with Gasteiger partial charge in [0.05, 0.1) is 19.4 Å². The zero-order valence-electron chi connectivity index (χ0n) is 14.1. The molecule has 0 aliphatic carbocycles. The first-order valence-corrected chi connectivity index (χ1v) is 9.14. The summed E-state index contributed by atoms with van der Waals surface area (Å²) in [5.74, 6) is 1.01. The second-order valence-corrected chi connectivity index (χ2v) is 6.96. The van der Waals surface area contributed by atoms with E-state index in [1.165, 1.54) is 0 Å². The first kappa shape index (κ1) is 16.6. The van der Waals surface area contributed by atoms with E-state index in [0.29, 0.717) is 12.8 Å². The lowest BCUT2D eigenvalue weighted by Gasteiger charge is -2.37. The van der Waals surface area contributed by atoms with Gasteiger partial charge in [-0.1, -0.05) is 41.9 Å². The Bertz CT molecular complexity index is 726. The quantitative estimate of drug-likeness (QED) is 0.829. The Morgan fingerprint density at radius 3 is 2.60 bits per heavy atom. The summed E-state index contributed by atoms with van der Waals surface area (Å²) in [6, 6.07) is 18.3. The van der Waals surface area contributed by atoms with Gasteiger partial charge in [-0.2, -0.15) is 0 Å². The predicted molar refractivity (Wildman–Crippen MR) is 102 cm³/mol. The summed E-state index contributed by atoms with van der Waals surface area (Å²) in [4.78, 5) is 9.48. The van der Waals surface area contributed by atoms with Crippen LogP contribution in [0.25, 0.3) is 0 Å². The fourth-order valence-corrected chi connectivity index (χ4v) is 3.54. The van der Waals surface area contributed by atoms with Crippen molar-refractivity contribution < 1.29 is 4.74 Å². The van der Waals surface area contributed by atoms with Crippen LogP contribution in [0.3, 0.4) is 0 Å². The summed E-state index contributed by atoms with van der Waals surface area (Å²) in [5, 5.41) is 0.746. The molecule has 1 fully saturated rings. The number of benzene rings is 2. The van der Waals surface area contributed by atoms with Crippen LogP contribution in [-0.4, -0.2) is 43.3 Å². The molecule has 2 aromatic rings. The van der Waals surface area contributed by atoms with Crippen molar-refractivity contribution in [3.63, 3.8) is 0 Å². The lowest BCUT2D eigenvalue weighted by molar-refractivity contribution is 0.0739. The maximum Gasteiger partial charge on any atom is 0.137 e. The van der Waals surface area contributed by atoms with Crippen molar-refractivity contribution in [3.05, 3.63) is 65.2 Å². The van der Waals surface area contributed by atoms with Crippen LogP contribution in [0, 0.1) is 0 Å². The molecule has 2 heterocycles. The molecular weight excluding hydrogens is 334 g/mol. The third kappa shape index (κ3) is 3.87. The van der Waals surface area contributed by atoms with Crippen molar-refractivity contribution in [1.82, 2.24) is 4.90 Å². The SMILES string of the molecule is Clc1ccc(N2CN(C[C@@H]3CCCO3)CN=C2c2ccccc2)cc1. The highest BCUT2D eigenvalue weighted by atomic mass is 35.5. The molecule has 2 aliphatic rings. The number of hydrogen-bond donors (Lipinski definition) is 0. The summed E-state index contributed by atoms with van der Waals surface area (Å²) in [6.07, 6.45) is 2.64. The number of hydrogen-bond acceptors (Lipinski definition) is 4. The van der Waals surface area contributed by atoms with Gasteiger partial charge in [0.25, 0.3) is 0 Å². The fraction of sp³-hybridized carbons (Fsp3) is 0.350. The molecule has 0 aromatic heterocycles. The molecule has 25 heavy (non-hydrogen) atoms. The molecule has 0 N–H and O–H groups in total. The van der Waals surface area contributed by atoms with Gasteiger partial charge in [0.2, 0.25) is 0 Å². The summed E-state index contributed by atoms with van der Waals surface area (Å²) >= 11 is 6.07. The minimum Gasteiger partial charge on any atom is -0.377 e. The van der Waals surface area contributed by atoms with Gasteiger partial charge in [0.1, 0.15) is 5.84 Å². The highest BCUT2D eigenvalue weighted by Gasteiger charge is 2.26. The van der Waals surface area contributed by atoms with E-state index in [0.717, 1.165) is 54.8 Å². The average Bonchev–Trinajstić information content (AvgIpc) is 3.16. The van der Waals surface area contributed by atoms with E-state index in [1.807, 2.05) is 18.2 Å². The lowest BCUT2D eigenvalue weighted by Crippen LogP contribution is -2.48. The first-order valence-electron chi connectivity index (χ1n) is 8.76. The molecular formula is C20H22ClN3O. The highest BCUT2D eigenvalue weighted by molar-refractivity contribution is 6.30. The number of halogens is 1. The van der Waals surface area contributed by atoms with Crippen LogP contribution in [0.5, 0.6) is 0 Å². The second-order valence-electron chi connectivity index (χ2n) is 6.52. The standard InChI is InChI=1S/C20H22ClN3O/c21-17-8-10-18(11-9-17)24-15-23(13-19-7-4-12-25-19)14-22-20(24)16-5-2-1-3-6-16/h1-3,5-6,8-11,19H,4,7,12-15H2/t19-/m0/s1. The van der Waals surface area contributed by atoms with E-state index in [-0.39, 0.29) is 0 Å². The average molecular weight is 356 g/mol. The Hall–Kier alpha value is -1.88. The van der Waals surface area contributed by atoms with Crippen LogP contribution >= 0.6 is 11.6 Å². The van der Waals surface area contributed by atoms with Crippen LogP contribution in [-0.2, 0) is 4.74 Å². The van der Waals surface area contributed by atoms with Gasteiger partial charge in [-0.15, -0.1) is 0 Å². The summed E-state index contributed by atoms with van der Waals surface area (Å²) in [5.41, 5.74) is 2.23. The molecule has 5 heteroatoms. The van der Waals surface area contributed by atoms with Crippen LogP contribution in [0.15, 0.2) is 59.6 Å². The third-order valence-corrected chi connectivity index (χ3v) is 4.93. The monoisotopic (exact) mass is 355 g/mol. The molecule has 1 atom stereocenters. The second kappa shape index (κ2) is 7.56. The van der Waals surface area contributed by atoms with E-state index >= 15 is 0 Å². The molecule has 2 aliphatic heterocycles. The van der Waals surface area contributed by atoms with E-state index in [4.69, 9.17) is 21.3 Å².